The van der Waals surface area contributed by atoms with Crippen molar-refractivity contribution in [3.63, 3.8) is 0 Å². The number of benzene rings is 2. The molecule has 27 heavy (non-hydrogen) atoms. The molecular formula is C19H12ClNO6. The number of allylic oxidation sites excluding steroid dienone is 1. The van der Waals surface area contributed by atoms with Gasteiger partial charge in [0.25, 0.3) is 5.69 Å². The third-order valence-electron chi connectivity index (χ3n) is 3.95. The van der Waals surface area contributed by atoms with Gasteiger partial charge in [0, 0.05) is 11.1 Å². The van der Waals surface area contributed by atoms with E-state index in [1.165, 1.54) is 36.4 Å². The molecule has 0 saturated heterocycles. The van der Waals surface area contributed by atoms with Crippen molar-refractivity contribution in [3.05, 3.63) is 84.7 Å². The highest BCUT2D eigenvalue weighted by Gasteiger charge is 2.20. The van der Waals surface area contributed by atoms with Gasteiger partial charge in [0.2, 0.25) is 0 Å². The van der Waals surface area contributed by atoms with Crippen LogP contribution in [0.2, 0.25) is 5.02 Å². The molecule has 8 heteroatoms. The number of hydrogen-bond donors (Lipinski definition) is 1. The van der Waals surface area contributed by atoms with Crippen molar-refractivity contribution < 1.29 is 19.2 Å². The molecule has 0 aliphatic carbocycles. The van der Waals surface area contributed by atoms with Crippen LogP contribution in [-0.2, 0) is 0 Å². The van der Waals surface area contributed by atoms with Gasteiger partial charge in [-0.25, -0.2) is 4.79 Å². The normalized spacial score (nSPS) is 11.2. The molecule has 0 atom stereocenters. The number of nitro groups is 1. The van der Waals surface area contributed by atoms with Crippen LogP contribution >= 0.6 is 11.6 Å². The van der Waals surface area contributed by atoms with E-state index in [0.29, 0.717) is 10.6 Å². The van der Waals surface area contributed by atoms with Gasteiger partial charge in [-0.05, 0) is 42.8 Å². The van der Waals surface area contributed by atoms with Crippen molar-refractivity contribution in [2.45, 2.75) is 6.92 Å². The fourth-order valence-electron chi connectivity index (χ4n) is 2.57. The maximum absolute atomic E-state index is 12.4. The van der Waals surface area contributed by atoms with E-state index < -0.39 is 27.6 Å². The number of halogens is 1. The van der Waals surface area contributed by atoms with Gasteiger partial charge in [0.05, 0.1) is 15.9 Å². The summed E-state index contributed by atoms with van der Waals surface area (Å²) in [6.45, 7) is 1.70. The summed E-state index contributed by atoms with van der Waals surface area (Å²) in [5, 5.41) is 21.8. The number of fused-ring (bicyclic) bond motifs is 1. The van der Waals surface area contributed by atoms with E-state index >= 15 is 0 Å². The maximum atomic E-state index is 12.4. The monoisotopic (exact) mass is 385 g/mol. The van der Waals surface area contributed by atoms with Crippen molar-refractivity contribution in [1.29, 1.82) is 0 Å². The third kappa shape index (κ3) is 3.45. The second-order valence-electron chi connectivity index (χ2n) is 5.72. The van der Waals surface area contributed by atoms with E-state index in [1.54, 1.807) is 13.0 Å². The molecule has 3 aromatic rings. The Kier molecular flexibility index (Phi) is 4.79. The Balaban J connectivity index is 2.08. The number of carbonyl (C=O) groups is 1. The van der Waals surface area contributed by atoms with Crippen molar-refractivity contribution in [2.75, 3.05) is 0 Å². The first-order valence-electron chi connectivity index (χ1n) is 7.71. The molecule has 0 unspecified atom stereocenters. The highest BCUT2D eigenvalue weighted by molar-refractivity contribution is 6.32. The van der Waals surface area contributed by atoms with Crippen molar-refractivity contribution in [3.8, 4) is 5.75 Å². The number of aryl methyl sites for hydroxylation is 1. The molecule has 0 radical (unpaired) electrons. The number of rotatable bonds is 4. The van der Waals surface area contributed by atoms with Gasteiger partial charge in [0.15, 0.2) is 5.78 Å². The molecule has 7 nitrogen and oxygen atoms in total. The highest BCUT2D eigenvalue weighted by Crippen LogP contribution is 2.31. The summed E-state index contributed by atoms with van der Waals surface area (Å²) in [6.07, 6.45) is 2.17. The number of nitro benzene ring substituents is 1. The molecule has 0 aliphatic heterocycles. The van der Waals surface area contributed by atoms with E-state index in [9.17, 15) is 24.8 Å². The number of aromatic hydroxyl groups is 1. The van der Waals surface area contributed by atoms with Crippen molar-refractivity contribution in [2.24, 2.45) is 0 Å². The van der Waals surface area contributed by atoms with Crippen LogP contribution in [-0.4, -0.2) is 15.8 Å². The number of carbonyl (C=O) groups excluding carboxylic acids is 1. The van der Waals surface area contributed by atoms with Crippen LogP contribution in [0.3, 0.4) is 0 Å². The lowest BCUT2D eigenvalue weighted by Gasteiger charge is -2.06. The molecule has 0 spiro atoms. The van der Waals surface area contributed by atoms with Gasteiger partial charge >= 0.3 is 5.63 Å². The zero-order chi connectivity index (χ0) is 19.7. The molecule has 0 bridgehead atoms. The van der Waals surface area contributed by atoms with Crippen molar-refractivity contribution >= 4 is 40.1 Å². The molecule has 2 aromatic carbocycles. The van der Waals surface area contributed by atoms with Gasteiger partial charge in [-0.15, -0.1) is 0 Å². The first-order chi connectivity index (χ1) is 12.8. The van der Waals surface area contributed by atoms with Gasteiger partial charge < -0.3 is 9.52 Å². The van der Waals surface area contributed by atoms with E-state index in [4.69, 9.17) is 16.0 Å². The summed E-state index contributed by atoms with van der Waals surface area (Å²) in [4.78, 5) is 35.0. The SMILES string of the molecule is Cc1cc2oc(=O)c(C(=O)/C=C/c3ccccc3[N+](=O)[O-])c(O)c2cc1Cl. The highest BCUT2D eigenvalue weighted by atomic mass is 35.5. The number of nitrogens with zero attached hydrogens (tertiary/aromatic N) is 1. The van der Waals surface area contributed by atoms with E-state index in [0.717, 1.165) is 6.08 Å². The molecule has 1 N–H and O–H groups in total. The summed E-state index contributed by atoms with van der Waals surface area (Å²) >= 11 is 6.03. The predicted octanol–water partition coefficient (Wildman–Crippen LogP) is 4.26. The van der Waals surface area contributed by atoms with Crippen LogP contribution in [0, 0.1) is 17.0 Å². The van der Waals surface area contributed by atoms with Crippen LogP contribution in [0.1, 0.15) is 21.5 Å². The summed E-state index contributed by atoms with van der Waals surface area (Å²) < 4.78 is 5.11. The standard InChI is InChI=1S/C19H12ClNO6/c1-10-8-16-12(9-13(10)20)18(23)17(19(24)27-16)15(22)7-6-11-4-2-3-5-14(11)21(25)26/h2-9,23H,1H3/b7-6+. The summed E-state index contributed by atoms with van der Waals surface area (Å²) in [6, 6.07) is 8.68. The van der Waals surface area contributed by atoms with Crippen LogP contribution in [0.5, 0.6) is 5.75 Å². The second-order valence-corrected chi connectivity index (χ2v) is 6.13. The average molecular weight is 386 g/mol. The zero-order valence-electron chi connectivity index (χ0n) is 13.9. The van der Waals surface area contributed by atoms with E-state index in [1.807, 2.05) is 0 Å². The molecule has 136 valence electrons. The smallest absolute Gasteiger partial charge is 0.351 e. The molecule has 1 aromatic heterocycles. The number of para-hydroxylation sites is 1. The second kappa shape index (κ2) is 7.05. The lowest BCUT2D eigenvalue weighted by atomic mass is 10.1. The van der Waals surface area contributed by atoms with Crippen LogP contribution < -0.4 is 5.63 Å². The Bertz CT molecular complexity index is 1180. The average Bonchev–Trinajstić information content (AvgIpc) is 2.62. The van der Waals surface area contributed by atoms with Crippen LogP contribution in [0.15, 0.2) is 51.7 Å². The Morgan fingerprint density at radius 2 is 2.00 bits per heavy atom. The minimum Gasteiger partial charge on any atom is -0.506 e. The molecular weight excluding hydrogens is 374 g/mol. The van der Waals surface area contributed by atoms with E-state index in [-0.39, 0.29) is 22.2 Å². The van der Waals surface area contributed by atoms with Gasteiger partial charge in [0.1, 0.15) is 16.9 Å². The fourth-order valence-corrected chi connectivity index (χ4v) is 2.73. The minimum absolute atomic E-state index is 0.0960. The van der Waals surface area contributed by atoms with Crippen LogP contribution in [0.25, 0.3) is 17.0 Å². The summed E-state index contributed by atoms with van der Waals surface area (Å²) in [5.74, 6) is -1.40. The Hall–Kier alpha value is -3.45. The minimum atomic E-state index is -1.01. The van der Waals surface area contributed by atoms with Gasteiger partial charge in [-0.1, -0.05) is 23.7 Å². The fraction of sp³-hybridized carbons (Fsp3) is 0.0526. The molecule has 0 fully saturated rings. The molecule has 1 heterocycles. The lowest BCUT2D eigenvalue weighted by Crippen LogP contribution is -2.12. The molecule has 3 rings (SSSR count). The van der Waals surface area contributed by atoms with E-state index in [2.05, 4.69) is 0 Å². The quantitative estimate of drug-likeness (QED) is 0.236. The number of ketones is 1. The summed E-state index contributed by atoms with van der Waals surface area (Å²) in [7, 11) is 0. The van der Waals surface area contributed by atoms with Crippen LogP contribution in [0.4, 0.5) is 5.69 Å². The first kappa shape index (κ1) is 18.3. The predicted molar refractivity (Wildman–Crippen MR) is 100 cm³/mol. The van der Waals surface area contributed by atoms with Gasteiger partial charge in [-0.2, -0.15) is 0 Å². The Morgan fingerprint density at radius 1 is 1.30 bits per heavy atom. The topological polar surface area (TPSA) is 111 Å². The van der Waals surface area contributed by atoms with Gasteiger partial charge in [-0.3, -0.25) is 14.9 Å². The largest absolute Gasteiger partial charge is 0.506 e. The third-order valence-corrected chi connectivity index (χ3v) is 4.36. The zero-order valence-corrected chi connectivity index (χ0v) is 14.7. The van der Waals surface area contributed by atoms with Crippen molar-refractivity contribution in [1.82, 2.24) is 0 Å². The summed E-state index contributed by atoms with van der Waals surface area (Å²) in [5.41, 5.74) is -0.866. The molecule has 0 amide bonds. The Labute approximate surface area is 157 Å². The molecule has 0 aliphatic rings. The Morgan fingerprint density at radius 3 is 2.70 bits per heavy atom. The number of hydrogen-bond acceptors (Lipinski definition) is 6. The molecule has 0 saturated carbocycles. The maximum Gasteiger partial charge on any atom is 0.351 e. The lowest BCUT2D eigenvalue weighted by molar-refractivity contribution is -0.385. The first-order valence-corrected chi connectivity index (χ1v) is 8.09.